The fourth-order valence-corrected chi connectivity index (χ4v) is 2.15. The van der Waals surface area contributed by atoms with Gasteiger partial charge >= 0.3 is 0 Å². The minimum absolute atomic E-state index is 0.373. The van der Waals surface area contributed by atoms with Gasteiger partial charge in [0.05, 0.1) is 0 Å². The van der Waals surface area contributed by atoms with Gasteiger partial charge < -0.3 is 9.15 Å². The number of hydrazine groups is 1. The Bertz CT molecular complexity index is 779. The van der Waals surface area contributed by atoms with E-state index in [9.17, 15) is 4.79 Å². The van der Waals surface area contributed by atoms with Gasteiger partial charge in [-0.15, -0.1) is 0 Å². The summed E-state index contributed by atoms with van der Waals surface area (Å²) in [6.07, 6.45) is -0.657. The number of rotatable bonds is 3. The van der Waals surface area contributed by atoms with Crippen molar-refractivity contribution in [3.05, 3.63) is 42.5 Å². The predicted molar refractivity (Wildman–Crippen MR) is 76.1 cm³/mol. The van der Waals surface area contributed by atoms with Gasteiger partial charge in [0.2, 0.25) is 0 Å². The van der Waals surface area contributed by atoms with Crippen LogP contribution in [0.2, 0.25) is 0 Å². The number of nitrogens with one attached hydrogen (secondary N) is 1. The second kappa shape index (κ2) is 4.86. The number of carbonyl (C=O) groups excluding carboxylic acids is 1. The zero-order valence-electron chi connectivity index (χ0n) is 10.9. The lowest BCUT2D eigenvalue weighted by atomic mass is 10.1. The molecule has 0 aliphatic heterocycles. The number of ether oxygens (including phenoxy) is 1. The largest absolute Gasteiger partial charge is 0.481 e. The molecule has 0 saturated heterocycles. The fraction of sp³-hybridized carbons (Fsp3) is 0.133. The molecule has 102 valence electrons. The molecule has 0 saturated carbocycles. The number of hydrogen-bond donors (Lipinski definition) is 2. The molecule has 1 unspecified atom stereocenters. The molecule has 0 radical (unpaired) electrons. The highest BCUT2D eigenvalue weighted by atomic mass is 16.5. The molecule has 5 heteroatoms. The summed E-state index contributed by atoms with van der Waals surface area (Å²) in [5.41, 5.74) is 3.68. The molecule has 1 atom stereocenters. The summed E-state index contributed by atoms with van der Waals surface area (Å²) < 4.78 is 11.3. The van der Waals surface area contributed by atoms with Crippen molar-refractivity contribution >= 4 is 27.8 Å². The Balaban J connectivity index is 2.01. The van der Waals surface area contributed by atoms with Gasteiger partial charge in [0, 0.05) is 10.8 Å². The first kappa shape index (κ1) is 12.5. The third kappa shape index (κ3) is 2.08. The first-order valence-corrected chi connectivity index (χ1v) is 6.27. The number of benzene rings is 2. The molecule has 0 spiro atoms. The Kier molecular flexibility index (Phi) is 3.04. The molecule has 0 bridgehead atoms. The van der Waals surface area contributed by atoms with Crippen LogP contribution in [0.25, 0.3) is 21.9 Å². The van der Waals surface area contributed by atoms with Gasteiger partial charge in [0.25, 0.3) is 5.91 Å². The molecule has 20 heavy (non-hydrogen) atoms. The van der Waals surface area contributed by atoms with Crippen LogP contribution in [0.1, 0.15) is 6.92 Å². The van der Waals surface area contributed by atoms with E-state index in [0.29, 0.717) is 5.75 Å². The Morgan fingerprint density at radius 2 is 1.95 bits per heavy atom. The highest BCUT2D eigenvalue weighted by Crippen LogP contribution is 2.31. The first-order valence-electron chi connectivity index (χ1n) is 6.27. The van der Waals surface area contributed by atoms with Crippen LogP contribution < -0.4 is 16.0 Å². The van der Waals surface area contributed by atoms with Crippen LogP contribution >= 0.6 is 0 Å². The van der Waals surface area contributed by atoms with Gasteiger partial charge in [0.15, 0.2) is 6.10 Å². The summed E-state index contributed by atoms with van der Waals surface area (Å²) in [6, 6.07) is 13.2. The molecule has 5 nitrogen and oxygen atoms in total. The highest BCUT2D eigenvalue weighted by Gasteiger charge is 2.14. The first-order chi connectivity index (χ1) is 9.69. The summed E-state index contributed by atoms with van der Waals surface area (Å²) in [5, 5.41) is 1.97. The lowest BCUT2D eigenvalue weighted by Gasteiger charge is -2.12. The number of carbonyl (C=O) groups is 1. The van der Waals surface area contributed by atoms with Crippen molar-refractivity contribution < 1.29 is 13.9 Å². The van der Waals surface area contributed by atoms with E-state index in [2.05, 4.69) is 5.43 Å². The van der Waals surface area contributed by atoms with E-state index in [4.69, 9.17) is 15.0 Å². The summed E-state index contributed by atoms with van der Waals surface area (Å²) in [6.45, 7) is 1.64. The van der Waals surface area contributed by atoms with Crippen LogP contribution in [0.5, 0.6) is 5.75 Å². The van der Waals surface area contributed by atoms with Crippen molar-refractivity contribution in [3.63, 3.8) is 0 Å². The number of hydrogen-bond acceptors (Lipinski definition) is 4. The summed E-state index contributed by atoms with van der Waals surface area (Å²) >= 11 is 0. The van der Waals surface area contributed by atoms with Crippen LogP contribution in [0.15, 0.2) is 46.9 Å². The number of para-hydroxylation sites is 1. The monoisotopic (exact) mass is 270 g/mol. The van der Waals surface area contributed by atoms with Gasteiger partial charge in [-0.25, -0.2) is 5.84 Å². The second-order valence-electron chi connectivity index (χ2n) is 4.52. The quantitative estimate of drug-likeness (QED) is 0.435. The lowest BCUT2D eigenvalue weighted by molar-refractivity contribution is -0.127. The third-order valence-electron chi connectivity index (χ3n) is 3.17. The van der Waals surface area contributed by atoms with Crippen molar-refractivity contribution in [2.24, 2.45) is 5.84 Å². The summed E-state index contributed by atoms with van der Waals surface area (Å²) in [5.74, 6) is 5.30. The minimum atomic E-state index is -0.657. The number of furan rings is 1. The fourth-order valence-electron chi connectivity index (χ4n) is 2.15. The van der Waals surface area contributed by atoms with Crippen molar-refractivity contribution in [2.45, 2.75) is 13.0 Å². The molecule has 0 fully saturated rings. The van der Waals surface area contributed by atoms with E-state index >= 15 is 0 Å². The molecule has 0 aliphatic carbocycles. The smallest absolute Gasteiger partial charge is 0.274 e. The molecule has 1 aromatic heterocycles. The molecule has 2 aromatic carbocycles. The highest BCUT2D eigenvalue weighted by molar-refractivity contribution is 6.05. The zero-order valence-corrected chi connectivity index (χ0v) is 10.9. The molecule has 3 N–H and O–H groups in total. The van der Waals surface area contributed by atoms with Crippen molar-refractivity contribution in [2.75, 3.05) is 0 Å². The molecule has 1 heterocycles. The Morgan fingerprint density at radius 3 is 2.75 bits per heavy atom. The van der Waals surface area contributed by atoms with Gasteiger partial charge in [-0.3, -0.25) is 10.2 Å². The zero-order chi connectivity index (χ0) is 14.1. The number of amides is 1. The standard InChI is InChI=1S/C15H14N2O3/c1-9(15(18)17-16)19-10-6-7-14-12(8-10)11-4-2-3-5-13(11)20-14/h2-9H,16H2,1H3,(H,17,18). The Hall–Kier alpha value is -2.53. The predicted octanol–water partition coefficient (Wildman–Crippen LogP) is 2.34. The molecular weight excluding hydrogens is 256 g/mol. The summed E-state index contributed by atoms with van der Waals surface area (Å²) in [4.78, 5) is 11.4. The molecule has 3 aromatic rings. The Labute approximate surface area is 115 Å². The van der Waals surface area contributed by atoms with E-state index in [-0.39, 0.29) is 5.91 Å². The molecule has 0 aliphatic rings. The number of fused-ring (bicyclic) bond motifs is 3. The normalized spacial score (nSPS) is 12.5. The van der Waals surface area contributed by atoms with Gasteiger partial charge in [-0.2, -0.15) is 0 Å². The third-order valence-corrected chi connectivity index (χ3v) is 3.17. The van der Waals surface area contributed by atoms with E-state index in [1.54, 1.807) is 13.0 Å². The van der Waals surface area contributed by atoms with Gasteiger partial charge in [0.1, 0.15) is 16.9 Å². The van der Waals surface area contributed by atoms with E-state index < -0.39 is 6.10 Å². The van der Waals surface area contributed by atoms with E-state index in [1.807, 2.05) is 36.4 Å². The number of nitrogens with two attached hydrogens (primary N) is 1. The van der Waals surface area contributed by atoms with Crippen molar-refractivity contribution in [3.8, 4) is 5.75 Å². The maximum Gasteiger partial charge on any atom is 0.274 e. The molecular formula is C15H14N2O3. The van der Waals surface area contributed by atoms with E-state index in [1.165, 1.54) is 0 Å². The topological polar surface area (TPSA) is 77.5 Å². The average molecular weight is 270 g/mol. The second-order valence-corrected chi connectivity index (χ2v) is 4.52. The molecule has 3 rings (SSSR count). The average Bonchev–Trinajstić information content (AvgIpc) is 2.84. The SMILES string of the molecule is CC(Oc1ccc2oc3ccccc3c2c1)C(=O)NN. The minimum Gasteiger partial charge on any atom is -0.481 e. The lowest BCUT2D eigenvalue weighted by Crippen LogP contribution is -2.40. The maximum atomic E-state index is 11.4. The van der Waals surface area contributed by atoms with Crippen molar-refractivity contribution in [1.82, 2.24) is 5.43 Å². The van der Waals surface area contributed by atoms with Gasteiger partial charge in [-0.1, -0.05) is 18.2 Å². The molecule has 1 amide bonds. The maximum absolute atomic E-state index is 11.4. The van der Waals surface area contributed by atoms with Gasteiger partial charge in [-0.05, 0) is 31.2 Å². The van der Waals surface area contributed by atoms with Crippen LogP contribution in [-0.4, -0.2) is 12.0 Å². The van der Waals surface area contributed by atoms with Crippen LogP contribution in [0, 0.1) is 0 Å². The summed E-state index contributed by atoms with van der Waals surface area (Å²) in [7, 11) is 0. The van der Waals surface area contributed by atoms with Crippen LogP contribution in [-0.2, 0) is 4.79 Å². The van der Waals surface area contributed by atoms with Crippen LogP contribution in [0.4, 0.5) is 0 Å². The Morgan fingerprint density at radius 1 is 1.20 bits per heavy atom. The van der Waals surface area contributed by atoms with E-state index in [0.717, 1.165) is 21.9 Å². The van der Waals surface area contributed by atoms with Crippen LogP contribution in [0.3, 0.4) is 0 Å². The van der Waals surface area contributed by atoms with Crippen molar-refractivity contribution in [1.29, 1.82) is 0 Å².